The number of halogens is 5. The van der Waals surface area contributed by atoms with Crippen LogP contribution in [0.5, 0.6) is 0 Å². The maximum absolute atomic E-state index is 15.1. The minimum Gasteiger partial charge on any atom is -0.352 e. The molecule has 2 amide bonds. The number of hydrogen-bond acceptors (Lipinski definition) is 4. The third kappa shape index (κ3) is 9.39. The summed E-state index contributed by atoms with van der Waals surface area (Å²) in [5.74, 6) is -2.19. The first-order valence-corrected chi connectivity index (χ1v) is 17.3. The lowest BCUT2D eigenvalue weighted by Crippen LogP contribution is -2.54. The van der Waals surface area contributed by atoms with E-state index >= 15 is 4.39 Å². The fourth-order valence-electron chi connectivity index (χ4n) is 5.06. The summed E-state index contributed by atoms with van der Waals surface area (Å²) in [6.07, 6.45) is -4.40. The first kappa shape index (κ1) is 37.4. The van der Waals surface area contributed by atoms with Crippen molar-refractivity contribution in [3.05, 3.63) is 130 Å². The molecule has 0 spiro atoms. The van der Waals surface area contributed by atoms with E-state index in [2.05, 4.69) is 5.32 Å². The van der Waals surface area contributed by atoms with Crippen LogP contribution in [0, 0.1) is 12.7 Å². The number of anilines is 1. The first-order chi connectivity index (χ1) is 23.1. The van der Waals surface area contributed by atoms with Crippen molar-refractivity contribution in [2.75, 3.05) is 10.8 Å². The molecule has 0 fully saturated rings. The Morgan fingerprint density at radius 2 is 1.55 bits per heavy atom. The number of benzene rings is 4. The van der Waals surface area contributed by atoms with E-state index in [1.807, 2.05) is 6.92 Å². The van der Waals surface area contributed by atoms with Crippen molar-refractivity contribution in [3.8, 4) is 0 Å². The van der Waals surface area contributed by atoms with Crippen LogP contribution in [-0.2, 0) is 38.8 Å². The molecule has 1 N–H and O–H groups in total. The largest absolute Gasteiger partial charge is 0.417 e. The van der Waals surface area contributed by atoms with E-state index in [0.717, 1.165) is 22.6 Å². The van der Waals surface area contributed by atoms with Gasteiger partial charge in [-0.15, -0.1) is 0 Å². The van der Waals surface area contributed by atoms with E-state index in [4.69, 9.17) is 11.6 Å². The lowest BCUT2D eigenvalue weighted by atomic mass is 10.0. The summed E-state index contributed by atoms with van der Waals surface area (Å²) in [7, 11) is -4.68. The minimum absolute atomic E-state index is 0.0207. The molecule has 0 heterocycles. The van der Waals surface area contributed by atoms with Gasteiger partial charge in [-0.2, -0.15) is 13.2 Å². The van der Waals surface area contributed by atoms with Crippen LogP contribution in [0.3, 0.4) is 0 Å². The number of carbonyl (C=O) groups is 2. The highest BCUT2D eigenvalue weighted by molar-refractivity contribution is 7.92. The molecule has 260 valence electrons. The van der Waals surface area contributed by atoms with Crippen LogP contribution in [0.1, 0.15) is 42.5 Å². The van der Waals surface area contributed by atoms with Crippen LogP contribution in [-0.4, -0.2) is 43.8 Å². The number of hydrogen-bond donors (Lipinski definition) is 1. The van der Waals surface area contributed by atoms with E-state index in [9.17, 15) is 31.2 Å². The van der Waals surface area contributed by atoms with Gasteiger partial charge in [0.2, 0.25) is 11.8 Å². The number of aryl methyl sites for hydroxylation is 1. The Balaban J connectivity index is 1.88. The number of nitrogens with one attached hydrogen (secondary N) is 1. The maximum atomic E-state index is 15.1. The molecule has 2 atom stereocenters. The minimum atomic E-state index is -4.94. The summed E-state index contributed by atoms with van der Waals surface area (Å²) in [4.78, 5) is 29.1. The van der Waals surface area contributed by atoms with Gasteiger partial charge in [0.1, 0.15) is 18.4 Å². The van der Waals surface area contributed by atoms with Gasteiger partial charge in [-0.05, 0) is 62.2 Å². The highest BCUT2D eigenvalue weighted by atomic mass is 35.5. The van der Waals surface area contributed by atoms with Crippen LogP contribution >= 0.6 is 11.6 Å². The normalized spacial score (nSPS) is 13.0. The maximum Gasteiger partial charge on any atom is 0.417 e. The molecule has 0 aliphatic carbocycles. The van der Waals surface area contributed by atoms with Crippen LogP contribution in [0.2, 0.25) is 5.02 Å². The molecule has 0 radical (unpaired) electrons. The number of nitrogens with zero attached hydrogens (tertiary/aromatic N) is 2. The van der Waals surface area contributed by atoms with Crippen molar-refractivity contribution < 1.29 is 35.6 Å². The number of amides is 2. The van der Waals surface area contributed by atoms with E-state index in [0.29, 0.717) is 22.4 Å². The molecule has 0 aromatic heterocycles. The molecule has 0 bridgehead atoms. The topological polar surface area (TPSA) is 86.8 Å². The molecule has 0 aliphatic rings. The summed E-state index contributed by atoms with van der Waals surface area (Å²) >= 11 is 5.86. The Bertz CT molecular complexity index is 1870. The molecule has 49 heavy (non-hydrogen) atoms. The quantitative estimate of drug-likeness (QED) is 0.145. The molecule has 4 aromatic rings. The van der Waals surface area contributed by atoms with Gasteiger partial charge in [-0.1, -0.05) is 84.8 Å². The zero-order valence-electron chi connectivity index (χ0n) is 27.0. The van der Waals surface area contributed by atoms with E-state index < -0.39 is 69.2 Å². The number of rotatable bonds is 13. The average Bonchev–Trinajstić information content (AvgIpc) is 3.06. The lowest BCUT2D eigenvalue weighted by Gasteiger charge is -2.34. The smallest absolute Gasteiger partial charge is 0.352 e. The fraction of sp³-hybridized carbons (Fsp3) is 0.278. The average molecular weight is 718 g/mol. The molecule has 0 saturated heterocycles. The summed E-state index contributed by atoms with van der Waals surface area (Å²) in [5, 5.41) is 2.20. The number of sulfonamides is 1. The van der Waals surface area contributed by atoms with E-state index in [-0.39, 0.29) is 22.9 Å². The second kappa shape index (κ2) is 15.9. The van der Waals surface area contributed by atoms with Gasteiger partial charge in [0, 0.05) is 24.6 Å². The molecule has 4 aromatic carbocycles. The van der Waals surface area contributed by atoms with Crippen LogP contribution in [0.4, 0.5) is 23.2 Å². The SMILES string of the molecule is CC[C@@H](C)NC(=O)[C@@H](Cc1ccccc1)N(Cc1ccccc1F)C(=O)CN(c1ccc(Cl)c(C(F)(F)F)c1)S(=O)(=O)c1ccc(C)cc1. The van der Waals surface area contributed by atoms with Gasteiger partial charge in [-0.3, -0.25) is 13.9 Å². The summed E-state index contributed by atoms with van der Waals surface area (Å²) in [5.41, 5.74) is -0.361. The van der Waals surface area contributed by atoms with Gasteiger partial charge in [0.15, 0.2) is 0 Å². The van der Waals surface area contributed by atoms with Crippen molar-refractivity contribution in [2.24, 2.45) is 0 Å². The van der Waals surface area contributed by atoms with Crippen LogP contribution < -0.4 is 9.62 Å². The molecule has 4 rings (SSSR count). The van der Waals surface area contributed by atoms with Crippen molar-refractivity contribution in [2.45, 2.75) is 63.3 Å². The van der Waals surface area contributed by atoms with E-state index in [1.54, 1.807) is 50.2 Å². The first-order valence-electron chi connectivity index (χ1n) is 15.4. The Morgan fingerprint density at radius 3 is 2.16 bits per heavy atom. The van der Waals surface area contributed by atoms with E-state index in [1.165, 1.54) is 42.5 Å². The molecule has 13 heteroatoms. The van der Waals surface area contributed by atoms with Gasteiger partial charge < -0.3 is 10.2 Å². The Hall–Kier alpha value is -4.42. The van der Waals surface area contributed by atoms with Gasteiger partial charge >= 0.3 is 6.18 Å². The molecule has 0 aliphatic heterocycles. The molecular formula is C36H36ClF4N3O4S. The van der Waals surface area contributed by atoms with Crippen LogP contribution in [0.25, 0.3) is 0 Å². The molecule has 7 nitrogen and oxygen atoms in total. The second-order valence-electron chi connectivity index (χ2n) is 11.6. The number of alkyl halides is 3. The zero-order valence-corrected chi connectivity index (χ0v) is 28.6. The van der Waals surface area contributed by atoms with Gasteiger partial charge in [0.25, 0.3) is 10.0 Å². The zero-order chi connectivity index (χ0) is 35.9. The summed E-state index contributed by atoms with van der Waals surface area (Å²) in [6.45, 7) is 3.89. The third-order valence-corrected chi connectivity index (χ3v) is 10.1. The summed E-state index contributed by atoms with van der Waals surface area (Å²) < 4.78 is 85.8. The van der Waals surface area contributed by atoms with Crippen molar-refractivity contribution in [1.82, 2.24) is 10.2 Å². The molecular weight excluding hydrogens is 682 g/mol. The van der Waals surface area contributed by atoms with Crippen molar-refractivity contribution in [1.29, 1.82) is 0 Å². The van der Waals surface area contributed by atoms with Crippen molar-refractivity contribution in [3.63, 3.8) is 0 Å². The van der Waals surface area contributed by atoms with Crippen LogP contribution in [0.15, 0.2) is 102 Å². The van der Waals surface area contributed by atoms with Gasteiger partial charge in [0.05, 0.1) is 21.2 Å². The Morgan fingerprint density at radius 1 is 0.918 bits per heavy atom. The standard InChI is InChI=1S/C36H36ClF4N3O4S/c1-4-25(3)42-35(46)33(20-26-10-6-5-7-11-26)43(22-27-12-8-9-13-32(27)38)34(45)23-44(49(47,48)29-17-14-24(2)15-18-29)28-16-19-31(37)30(21-28)36(39,40)41/h5-19,21,25,33H,4,20,22-23H2,1-3H3,(H,42,46)/t25-,33-/m1/s1. The monoisotopic (exact) mass is 717 g/mol. The number of carbonyl (C=O) groups excluding carboxylic acids is 2. The highest BCUT2D eigenvalue weighted by Crippen LogP contribution is 2.38. The highest BCUT2D eigenvalue weighted by Gasteiger charge is 2.38. The van der Waals surface area contributed by atoms with Crippen molar-refractivity contribution >= 4 is 39.1 Å². The second-order valence-corrected chi connectivity index (χ2v) is 13.9. The van der Waals surface area contributed by atoms with Gasteiger partial charge in [-0.25, -0.2) is 12.8 Å². The Kier molecular flexibility index (Phi) is 12.1. The summed E-state index contributed by atoms with van der Waals surface area (Å²) in [6, 6.07) is 20.9. The fourth-order valence-corrected chi connectivity index (χ4v) is 6.69. The Labute approximate surface area is 288 Å². The lowest BCUT2D eigenvalue weighted by molar-refractivity contribution is -0.140. The third-order valence-electron chi connectivity index (χ3n) is 8.00. The molecule has 0 unspecified atom stereocenters. The molecule has 0 saturated carbocycles. The predicted octanol–water partition coefficient (Wildman–Crippen LogP) is 7.56. The predicted molar refractivity (Wildman–Crippen MR) is 181 cm³/mol.